The van der Waals surface area contributed by atoms with Crippen LogP contribution in [0.3, 0.4) is 0 Å². The highest BCUT2D eigenvalue weighted by Crippen LogP contribution is 2.31. The number of fused-ring (bicyclic) bond motifs is 1. The molecule has 0 bridgehead atoms. The summed E-state index contributed by atoms with van der Waals surface area (Å²) < 4.78 is 14.6. The van der Waals surface area contributed by atoms with Crippen molar-refractivity contribution in [1.82, 2.24) is 19.3 Å². The van der Waals surface area contributed by atoms with Crippen molar-refractivity contribution in [3.8, 4) is 11.5 Å². The zero-order valence-electron chi connectivity index (χ0n) is 19.5. The Morgan fingerprint density at radius 1 is 1.30 bits per heavy atom. The van der Waals surface area contributed by atoms with Crippen LogP contribution in [0.25, 0.3) is 11.0 Å². The molecule has 1 N–H and O–H groups in total. The first-order valence-corrected chi connectivity index (χ1v) is 11.3. The smallest absolute Gasteiger partial charge is 0.347 e. The predicted molar refractivity (Wildman–Crippen MR) is 125 cm³/mol. The molecule has 1 aromatic carbocycles. The van der Waals surface area contributed by atoms with Gasteiger partial charge >= 0.3 is 5.97 Å². The minimum atomic E-state index is -1.36. The number of aromatic nitrogens is 4. The normalized spacial score (nSPS) is 13.2. The molecule has 1 atom stereocenters. The van der Waals surface area contributed by atoms with E-state index in [9.17, 15) is 14.7 Å². The minimum Gasteiger partial charge on any atom is -0.490 e. The van der Waals surface area contributed by atoms with E-state index in [1.165, 1.54) is 6.92 Å². The fourth-order valence-corrected chi connectivity index (χ4v) is 3.69. The average molecular weight is 477 g/mol. The van der Waals surface area contributed by atoms with E-state index >= 15 is 0 Å². The van der Waals surface area contributed by atoms with Crippen LogP contribution >= 0.6 is 11.6 Å². The molecule has 0 aliphatic carbocycles. The van der Waals surface area contributed by atoms with Crippen LogP contribution in [0.15, 0.2) is 23.0 Å². The van der Waals surface area contributed by atoms with Gasteiger partial charge in [-0.05, 0) is 38.8 Å². The third-order valence-corrected chi connectivity index (χ3v) is 5.95. The van der Waals surface area contributed by atoms with Gasteiger partial charge in [0.15, 0.2) is 5.52 Å². The van der Waals surface area contributed by atoms with Crippen molar-refractivity contribution in [2.45, 2.75) is 59.1 Å². The highest BCUT2D eigenvalue weighted by Gasteiger charge is 2.33. The quantitative estimate of drug-likeness (QED) is 0.474. The molecule has 33 heavy (non-hydrogen) atoms. The van der Waals surface area contributed by atoms with E-state index < -0.39 is 11.6 Å². The van der Waals surface area contributed by atoms with Crippen molar-refractivity contribution in [3.63, 3.8) is 0 Å². The lowest BCUT2D eigenvalue weighted by Crippen LogP contribution is -2.40. The fourth-order valence-electron chi connectivity index (χ4n) is 3.52. The summed E-state index contributed by atoms with van der Waals surface area (Å²) in [4.78, 5) is 29.3. The Hall–Kier alpha value is -3.07. The second kappa shape index (κ2) is 9.82. The maximum atomic E-state index is 13.1. The molecule has 0 radical (unpaired) electrons. The van der Waals surface area contributed by atoms with Crippen LogP contribution in [-0.2, 0) is 24.8 Å². The number of ether oxygens (including phenoxy) is 2. The summed E-state index contributed by atoms with van der Waals surface area (Å²) in [5, 5.41) is 14.2. The lowest BCUT2D eigenvalue weighted by atomic mass is 10.0. The van der Waals surface area contributed by atoms with Gasteiger partial charge in [-0.1, -0.05) is 31.9 Å². The van der Waals surface area contributed by atoms with E-state index in [2.05, 4.69) is 17.0 Å². The van der Waals surface area contributed by atoms with Gasteiger partial charge in [-0.3, -0.25) is 14.0 Å². The van der Waals surface area contributed by atoms with Crippen molar-refractivity contribution in [3.05, 3.63) is 45.1 Å². The summed E-state index contributed by atoms with van der Waals surface area (Å²) in [6.07, 6.45) is 1.95. The van der Waals surface area contributed by atoms with Crippen LogP contribution in [0.4, 0.5) is 0 Å². The maximum absolute atomic E-state index is 13.1. The number of halogens is 1. The number of rotatable bonds is 10. The van der Waals surface area contributed by atoms with Crippen LogP contribution in [0.5, 0.6) is 11.5 Å². The number of carboxylic acids is 1. The summed E-state index contributed by atoms with van der Waals surface area (Å²) in [6.45, 7) is 7.49. The number of hydrogen-bond donors (Lipinski definition) is 1. The van der Waals surface area contributed by atoms with Gasteiger partial charge in [0.25, 0.3) is 5.56 Å². The number of carboxylic acid groups (broad SMARTS) is 1. The monoisotopic (exact) mass is 476 g/mol. The second-order valence-corrected chi connectivity index (χ2v) is 8.47. The molecule has 0 fully saturated rings. The Bertz CT molecular complexity index is 1240. The third-order valence-electron chi connectivity index (χ3n) is 5.64. The van der Waals surface area contributed by atoms with Gasteiger partial charge in [-0.2, -0.15) is 5.10 Å². The van der Waals surface area contributed by atoms with E-state index in [1.807, 2.05) is 0 Å². The van der Waals surface area contributed by atoms with E-state index in [0.29, 0.717) is 33.4 Å². The Kier molecular flexibility index (Phi) is 7.31. The summed E-state index contributed by atoms with van der Waals surface area (Å²) in [5.41, 5.74) is 0.384. The molecule has 3 aromatic rings. The zero-order chi connectivity index (χ0) is 24.3. The summed E-state index contributed by atoms with van der Waals surface area (Å²) >= 11 is 6.25. The molecule has 0 aliphatic rings. The molecule has 9 nitrogen and oxygen atoms in total. The highest BCUT2D eigenvalue weighted by atomic mass is 35.5. The molecular formula is C23H29ClN4O5. The highest BCUT2D eigenvalue weighted by molar-refractivity contribution is 6.32. The molecular weight excluding hydrogens is 448 g/mol. The summed E-state index contributed by atoms with van der Waals surface area (Å²) in [6, 6.07) is 4.73. The van der Waals surface area contributed by atoms with Crippen LogP contribution in [0.1, 0.15) is 45.1 Å². The largest absolute Gasteiger partial charge is 0.490 e. The molecule has 0 unspecified atom stereocenters. The summed E-state index contributed by atoms with van der Waals surface area (Å²) in [7, 11) is 1.74. The molecule has 2 heterocycles. The van der Waals surface area contributed by atoms with Crippen molar-refractivity contribution < 1.29 is 19.4 Å². The SMILES string of the molecule is CCCc1nn(C)c2c(=O)n(CCOc3cc(O[C@@](C)(CC)C(=O)O)ccc3Cl)c(C)nc12. The minimum absolute atomic E-state index is 0.154. The van der Waals surface area contributed by atoms with Crippen LogP contribution in [-0.4, -0.2) is 42.6 Å². The Morgan fingerprint density at radius 2 is 2.03 bits per heavy atom. The Labute approximate surface area is 196 Å². The lowest BCUT2D eigenvalue weighted by Gasteiger charge is -2.25. The number of aliphatic carboxylic acids is 1. The molecule has 0 amide bonds. The van der Waals surface area contributed by atoms with Gasteiger partial charge in [0.1, 0.15) is 29.4 Å². The van der Waals surface area contributed by atoms with Gasteiger partial charge in [0.05, 0.1) is 17.3 Å². The van der Waals surface area contributed by atoms with Gasteiger partial charge in [0, 0.05) is 13.1 Å². The van der Waals surface area contributed by atoms with Crippen molar-refractivity contribution in [2.75, 3.05) is 6.61 Å². The second-order valence-electron chi connectivity index (χ2n) is 8.07. The number of benzene rings is 1. The number of carbonyl (C=O) groups is 1. The van der Waals surface area contributed by atoms with Crippen molar-refractivity contribution in [2.24, 2.45) is 7.05 Å². The van der Waals surface area contributed by atoms with E-state index in [-0.39, 0.29) is 25.1 Å². The topological polar surface area (TPSA) is 108 Å². The van der Waals surface area contributed by atoms with Gasteiger partial charge < -0.3 is 14.6 Å². The first-order chi connectivity index (χ1) is 15.6. The van der Waals surface area contributed by atoms with Crippen LogP contribution in [0.2, 0.25) is 5.02 Å². The van der Waals surface area contributed by atoms with Gasteiger partial charge in [-0.15, -0.1) is 0 Å². The van der Waals surface area contributed by atoms with Gasteiger partial charge in [-0.25, -0.2) is 9.78 Å². The lowest BCUT2D eigenvalue weighted by molar-refractivity contribution is -0.154. The van der Waals surface area contributed by atoms with Crippen molar-refractivity contribution in [1.29, 1.82) is 0 Å². The standard InChI is InChI=1S/C23H29ClN4O5/c1-6-8-17-19-20(27(5)26-17)21(29)28(14(3)25-19)11-12-32-18-13-15(9-10-16(18)24)33-23(4,7-2)22(30)31/h9-10,13H,6-8,11-12H2,1-5H3,(H,30,31)/t23-/m0/s1. The molecule has 0 saturated carbocycles. The first kappa shape index (κ1) is 24.6. The molecule has 3 rings (SSSR count). The Balaban J connectivity index is 1.80. The summed E-state index contributed by atoms with van der Waals surface area (Å²) in [5.74, 6) is 0.182. The predicted octanol–water partition coefficient (Wildman–Crippen LogP) is 3.76. The van der Waals surface area contributed by atoms with E-state index in [1.54, 1.807) is 48.3 Å². The van der Waals surface area contributed by atoms with Crippen molar-refractivity contribution >= 4 is 28.6 Å². The molecule has 0 aliphatic heterocycles. The Morgan fingerprint density at radius 3 is 2.67 bits per heavy atom. The average Bonchev–Trinajstić information content (AvgIpc) is 3.07. The maximum Gasteiger partial charge on any atom is 0.347 e. The fraction of sp³-hybridized carbons (Fsp3) is 0.478. The number of aryl methyl sites for hydroxylation is 3. The number of hydrogen-bond acceptors (Lipinski definition) is 6. The molecule has 178 valence electrons. The van der Waals surface area contributed by atoms with Crippen LogP contribution < -0.4 is 15.0 Å². The van der Waals surface area contributed by atoms with Gasteiger partial charge in [0.2, 0.25) is 5.60 Å². The van der Waals surface area contributed by atoms with E-state index in [0.717, 1.165) is 18.5 Å². The number of nitrogens with zero attached hydrogens (tertiary/aromatic N) is 4. The molecule has 0 spiro atoms. The van der Waals surface area contributed by atoms with E-state index in [4.69, 9.17) is 21.1 Å². The molecule has 10 heteroatoms. The zero-order valence-corrected chi connectivity index (χ0v) is 20.3. The molecule has 0 saturated heterocycles. The third kappa shape index (κ3) is 4.98. The first-order valence-electron chi connectivity index (χ1n) is 10.9. The molecule has 2 aromatic heterocycles. The van der Waals surface area contributed by atoms with Crippen LogP contribution in [0, 0.1) is 6.92 Å².